The Morgan fingerprint density at radius 3 is 2.06 bits per heavy atom. The van der Waals surface area contributed by atoms with Gasteiger partial charge in [0.05, 0.1) is 6.04 Å². The van der Waals surface area contributed by atoms with Gasteiger partial charge in [0.15, 0.2) is 5.65 Å². The Labute approximate surface area is 210 Å². The number of hydrogen-bond acceptors (Lipinski definition) is 5. The lowest BCUT2D eigenvalue weighted by Gasteiger charge is -2.39. The number of nitrogens with one attached hydrogen (secondary N) is 2. The number of rotatable bonds is 8. The highest BCUT2D eigenvalue weighted by Crippen LogP contribution is 2.29. The number of nitrogens with zero attached hydrogens (tertiary/aromatic N) is 4. The van der Waals surface area contributed by atoms with E-state index in [1.54, 1.807) is 4.57 Å². The zero-order chi connectivity index (χ0) is 25.1. The second kappa shape index (κ2) is 10.6. The molecule has 3 heterocycles. The van der Waals surface area contributed by atoms with Gasteiger partial charge in [0, 0.05) is 45.7 Å². The average molecular weight is 487 g/mol. The minimum Gasteiger partial charge on any atom is -0.336 e. The van der Waals surface area contributed by atoms with Gasteiger partial charge >= 0.3 is 5.69 Å². The third-order valence-corrected chi connectivity index (χ3v) is 6.90. The van der Waals surface area contributed by atoms with Crippen LogP contribution in [0, 0.1) is 5.92 Å². The van der Waals surface area contributed by atoms with E-state index in [9.17, 15) is 9.59 Å². The largest absolute Gasteiger partial charge is 0.336 e. The van der Waals surface area contributed by atoms with Crippen LogP contribution in [0.5, 0.6) is 0 Å². The third-order valence-electron chi connectivity index (χ3n) is 6.90. The van der Waals surface area contributed by atoms with E-state index in [-0.39, 0.29) is 12.0 Å². The summed E-state index contributed by atoms with van der Waals surface area (Å²) < 4.78 is 1.56. The van der Waals surface area contributed by atoms with Gasteiger partial charge in [-0.25, -0.2) is 9.78 Å². The molecule has 1 fully saturated rings. The molecule has 8 nitrogen and oxygen atoms in total. The van der Waals surface area contributed by atoms with Crippen molar-refractivity contribution < 1.29 is 0 Å². The topological polar surface area (TPSA) is 90.0 Å². The summed E-state index contributed by atoms with van der Waals surface area (Å²) in [6.45, 7) is 9.32. The number of imidazole rings is 1. The second-order valence-electron chi connectivity index (χ2n) is 10.00. The van der Waals surface area contributed by atoms with E-state index in [1.807, 2.05) is 13.8 Å². The molecule has 8 heteroatoms. The fraction of sp³-hybridized carbons (Fsp3) is 0.393. The first kappa shape index (κ1) is 24.2. The predicted molar refractivity (Wildman–Crippen MR) is 142 cm³/mol. The molecule has 188 valence electrons. The highest BCUT2D eigenvalue weighted by molar-refractivity contribution is 5.69. The summed E-state index contributed by atoms with van der Waals surface area (Å²) in [5.41, 5.74) is 2.65. The van der Waals surface area contributed by atoms with Crippen molar-refractivity contribution in [2.24, 2.45) is 5.92 Å². The highest BCUT2D eigenvalue weighted by Gasteiger charge is 2.26. The number of aromatic nitrogens is 4. The molecule has 5 rings (SSSR count). The van der Waals surface area contributed by atoms with Crippen molar-refractivity contribution in [3.05, 3.63) is 98.5 Å². The Bertz CT molecular complexity index is 1360. The van der Waals surface area contributed by atoms with Crippen molar-refractivity contribution in [1.82, 2.24) is 29.3 Å². The molecule has 1 saturated heterocycles. The SMILES string of the molecule is CC(C)Cn1c(=O)[nH]c(=O)c2[nH]c(CCN3CCN(C(c4ccccc4)c4ccccc4)CC3)nc21. The number of H-pyrrole nitrogens is 2. The summed E-state index contributed by atoms with van der Waals surface area (Å²) >= 11 is 0. The second-order valence-corrected chi connectivity index (χ2v) is 10.00. The molecule has 1 aliphatic rings. The lowest BCUT2D eigenvalue weighted by Crippen LogP contribution is -2.48. The Balaban J connectivity index is 1.26. The van der Waals surface area contributed by atoms with Crippen LogP contribution in [0.3, 0.4) is 0 Å². The molecule has 0 unspecified atom stereocenters. The van der Waals surface area contributed by atoms with Crippen molar-refractivity contribution >= 4 is 11.2 Å². The van der Waals surface area contributed by atoms with Crippen molar-refractivity contribution in [2.75, 3.05) is 32.7 Å². The fourth-order valence-electron chi connectivity index (χ4n) is 5.14. The van der Waals surface area contributed by atoms with Crippen LogP contribution in [0.1, 0.15) is 36.8 Å². The first-order chi connectivity index (χ1) is 17.5. The molecule has 0 spiro atoms. The van der Waals surface area contributed by atoms with Gasteiger partial charge in [-0.15, -0.1) is 0 Å². The standard InChI is InChI=1S/C28H34N6O2/c1-20(2)19-34-26-24(27(35)31-28(34)36)29-23(30-26)13-14-32-15-17-33(18-16-32)25(21-9-5-3-6-10-21)22-11-7-4-8-12-22/h3-12,20,25H,13-19H2,1-2H3,(H,29,30)(H,31,35,36). The van der Waals surface area contributed by atoms with E-state index < -0.39 is 11.2 Å². The molecule has 0 bridgehead atoms. The molecular formula is C28H34N6O2. The number of fused-ring (bicyclic) bond motifs is 1. The number of piperazine rings is 1. The van der Waals surface area contributed by atoms with Crippen LogP contribution in [-0.4, -0.2) is 62.0 Å². The normalized spacial score (nSPS) is 15.3. The van der Waals surface area contributed by atoms with Gasteiger partial charge in [-0.3, -0.25) is 19.2 Å². The third kappa shape index (κ3) is 5.20. The number of benzene rings is 2. The summed E-state index contributed by atoms with van der Waals surface area (Å²) in [6, 6.07) is 21.7. The van der Waals surface area contributed by atoms with Gasteiger partial charge in [-0.05, 0) is 17.0 Å². The Kier molecular flexibility index (Phi) is 7.16. The first-order valence-corrected chi connectivity index (χ1v) is 12.8. The molecule has 0 radical (unpaired) electrons. The molecule has 2 aromatic carbocycles. The molecular weight excluding hydrogens is 452 g/mol. The van der Waals surface area contributed by atoms with E-state index >= 15 is 0 Å². The summed E-state index contributed by atoms with van der Waals surface area (Å²) in [6.07, 6.45) is 0.699. The fourth-order valence-corrected chi connectivity index (χ4v) is 5.14. The quantitative estimate of drug-likeness (QED) is 0.400. The van der Waals surface area contributed by atoms with Crippen molar-refractivity contribution in [1.29, 1.82) is 0 Å². The Hall–Kier alpha value is -3.49. The monoisotopic (exact) mass is 486 g/mol. The van der Waals surface area contributed by atoms with Gasteiger partial charge < -0.3 is 9.88 Å². The highest BCUT2D eigenvalue weighted by atomic mass is 16.2. The minimum absolute atomic E-state index is 0.245. The zero-order valence-electron chi connectivity index (χ0n) is 21.0. The summed E-state index contributed by atoms with van der Waals surface area (Å²) in [5.74, 6) is 1.01. The smallest absolute Gasteiger partial charge is 0.330 e. The van der Waals surface area contributed by atoms with Gasteiger partial charge in [0.2, 0.25) is 0 Å². The zero-order valence-corrected chi connectivity index (χ0v) is 21.0. The van der Waals surface area contributed by atoms with Crippen molar-refractivity contribution in [3.8, 4) is 0 Å². The Morgan fingerprint density at radius 1 is 0.861 bits per heavy atom. The van der Waals surface area contributed by atoms with Gasteiger partial charge in [-0.2, -0.15) is 0 Å². The van der Waals surface area contributed by atoms with E-state index in [4.69, 9.17) is 0 Å². The maximum atomic E-state index is 12.3. The van der Waals surface area contributed by atoms with E-state index in [2.05, 4.69) is 85.4 Å². The average Bonchev–Trinajstić information content (AvgIpc) is 3.32. The van der Waals surface area contributed by atoms with Gasteiger partial charge in [0.1, 0.15) is 11.3 Å². The minimum atomic E-state index is -0.407. The van der Waals surface area contributed by atoms with Crippen molar-refractivity contribution in [3.63, 3.8) is 0 Å². The maximum Gasteiger partial charge on any atom is 0.330 e. The molecule has 36 heavy (non-hydrogen) atoms. The molecule has 0 amide bonds. The molecule has 0 aliphatic carbocycles. The van der Waals surface area contributed by atoms with Gasteiger partial charge in [0.25, 0.3) is 5.56 Å². The van der Waals surface area contributed by atoms with Crippen LogP contribution >= 0.6 is 0 Å². The van der Waals surface area contributed by atoms with E-state index in [0.717, 1.165) is 38.5 Å². The van der Waals surface area contributed by atoms with E-state index in [1.165, 1.54) is 11.1 Å². The van der Waals surface area contributed by atoms with E-state index in [0.29, 0.717) is 24.1 Å². The van der Waals surface area contributed by atoms with Crippen LogP contribution in [0.4, 0.5) is 0 Å². The molecule has 0 atom stereocenters. The predicted octanol–water partition coefficient (Wildman–Crippen LogP) is 3.02. The lowest BCUT2D eigenvalue weighted by atomic mass is 9.96. The molecule has 2 aromatic heterocycles. The lowest BCUT2D eigenvalue weighted by molar-refractivity contribution is 0.110. The van der Waals surface area contributed by atoms with Gasteiger partial charge in [-0.1, -0.05) is 74.5 Å². The molecule has 2 N–H and O–H groups in total. The maximum absolute atomic E-state index is 12.3. The van der Waals surface area contributed by atoms with Crippen LogP contribution in [0.25, 0.3) is 11.2 Å². The van der Waals surface area contributed by atoms with Crippen molar-refractivity contribution in [2.45, 2.75) is 32.9 Å². The molecule has 0 saturated carbocycles. The number of hydrogen-bond donors (Lipinski definition) is 2. The summed E-state index contributed by atoms with van der Waals surface area (Å²) in [4.78, 5) is 39.9. The molecule has 4 aromatic rings. The van der Waals surface area contributed by atoms with Crippen LogP contribution in [0.2, 0.25) is 0 Å². The van der Waals surface area contributed by atoms with Crippen LogP contribution < -0.4 is 11.2 Å². The van der Waals surface area contributed by atoms with Crippen LogP contribution in [0.15, 0.2) is 70.3 Å². The van der Waals surface area contributed by atoms with Crippen LogP contribution in [-0.2, 0) is 13.0 Å². The summed E-state index contributed by atoms with van der Waals surface area (Å²) in [5, 5.41) is 0. The Morgan fingerprint density at radius 2 is 1.47 bits per heavy atom. The summed E-state index contributed by atoms with van der Waals surface area (Å²) in [7, 11) is 0. The molecule has 1 aliphatic heterocycles. The number of aromatic amines is 2. The first-order valence-electron chi connectivity index (χ1n) is 12.8.